The minimum absolute atomic E-state index is 0.116. The van der Waals surface area contributed by atoms with E-state index in [1.807, 2.05) is 12.1 Å². The molecule has 102 valence electrons. The first-order chi connectivity index (χ1) is 9.15. The normalized spacial score (nSPS) is 19.7. The molecule has 2 aliphatic rings. The van der Waals surface area contributed by atoms with Crippen LogP contribution in [0.5, 0.6) is 0 Å². The number of hydrogen-bond acceptors (Lipinski definition) is 4. The van der Waals surface area contributed by atoms with Crippen LogP contribution < -0.4 is 15.5 Å². The minimum atomic E-state index is -0.116. The molecule has 3 rings (SSSR count). The third-order valence-electron chi connectivity index (χ3n) is 3.83. The van der Waals surface area contributed by atoms with Crippen molar-refractivity contribution in [2.24, 2.45) is 0 Å². The van der Waals surface area contributed by atoms with E-state index in [9.17, 15) is 4.39 Å². The molecule has 2 aliphatic heterocycles. The summed E-state index contributed by atoms with van der Waals surface area (Å²) in [6.07, 6.45) is 0. The van der Waals surface area contributed by atoms with Crippen LogP contribution in [-0.4, -0.2) is 38.1 Å². The zero-order chi connectivity index (χ0) is 13.4. The van der Waals surface area contributed by atoms with Gasteiger partial charge in [-0.2, -0.15) is 0 Å². The van der Waals surface area contributed by atoms with Gasteiger partial charge in [-0.05, 0) is 19.2 Å². The topological polar surface area (TPSA) is 30.5 Å². The molecule has 1 saturated heterocycles. The molecule has 2 heterocycles. The van der Waals surface area contributed by atoms with Gasteiger partial charge >= 0.3 is 0 Å². The van der Waals surface area contributed by atoms with Crippen molar-refractivity contribution in [2.75, 3.05) is 43.4 Å². The standard InChI is InChI=1S/C14H19FN4/c1-10-16-9-11-12(17-10)3-4-13(14(11)15)19-7-5-18(2)6-8-19/h3-4,16-17H,1,5-9H2,2H3. The molecule has 0 saturated carbocycles. The Kier molecular flexibility index (Phi) is 3.06. The summed E-state index contributed by atoms with van der Waals surface area (Å²) in [7, 11) is 2.10. The Morgan fingerprint density at radius 2 is 1.95 bits per heavy atom. The minimum Gasteiger partial charge on any atom is -0.368 e. The van der Waals surface area contributed by atoms with Crippen molar-refractivity contribution < 1.29 is 4.39 Å². The second kappa shape index (κ2) is 4.74. The van der Waals surface area contributed by atoms with Gasteiger partial charge in [-0.15, -0.1) is 0 Å². The van der Waals surface area contributed by atoms with E-state index in [0.717, 1.165) is 37.7 Å². The third kappa shape index (κ3) is 2.26. The number of nitrogens with zero attached hydrogens (tertiary/aromatic N) is 2. The van der Waals surface area contributed by atoms with Crippen molar-refractivity contribution in [3.8, 4) is 0 Å². The molecule has 19 heavy (non-hydrogen) atoms. The molecule has 0 atom stereocenters. The molecular weight excluding hydrogens is 243 g/mol. The zero-order valence-electron chi connectivity index (χ0n) is 11.2. The van der Waals surface area contributed by atoms with Gasteiger partial charge in [-0.1, -0.05) is 6.58 Å². The highest BCUT2D eigenvalue weighted by atomic mass is 19.1. The number of piperazine rings is 1. The summed E-state index contributed by atoms with van der Waals surface area (Å²) in [5.41, 5.74) is 2.23. The lowest BCUT2D eigenvalue weighted by molar-refractivity contribution is 0.311. The van der Waals surface area contributed by atoms with Crippen LogP contribution >= 0.6 is 0 Å². The molecule has 0 bridgehead atoms. The Morgan fingerprint density at radius 3 is 2.68 bits per heavy atom. The lowest BCUT2D eigenvalue weighted by atomic mass is 10.1. The maximum absolute atomic E-state index is 14.6. The monoisotopic (exact) mass is 262 g/mol. The van der Waals surface area contributed by atoms with Gasteiger partial charge in [0, 0.05) is 44.0 Å². The number of anilines is 2. The van der Waals surface area contributed by atoms with Crippen molar-refractivity contribution >= 4 is 11.4 Å². The summed E-state index contributed by atoms with van der Waals surface area (Å²) in [5.74, 6) is 0.605. The number of hydrogen-bond donors (Lipinski definition) is 2. The number of rotatable bonds is 1. The Morgan fingerprint density at radius 1 is 1.21 bits per heavy atom. The van der Waals surface area contributed by atoms with E-state index in [2.05, 4.69) is 34.1 Å². The highest BCUT2D eigenvalue weighted by Crippen LogP contribution is 2.31. The van der Waals surface area contributed by atoms with E-state index in [1.165, 1.54) is 0 Å². The van der Waals surface area contributed by atoms with Crippen LogP contribution in [0.2, 0.25) is 0 Å². The van der Waals surface area contributed by atoms with Crippen molar-refractivity contribution in [1.29, 1.82) is 0 Å². The Bertz CT molecular complexity index is 506. The summed E-state index contributed by atoms with van der Waals surface area (Å²) in [6.45, 7) is 8.00. The quantitative estimate of drug-likeness (QED) is 0.804. The molecule has 5 heteroatoms. The smallest absolute Gasteiger partial charge is 0.153 e. The number of benzene rings is 1. The zero-order valence-corrected chi connectivity index (χ0v) is 11.2. The van der Waals surface area contributed by atoms with E-state index in [-0.39, 0.29) is 5.82 Å². The number of halogens is 1. The van der Waals surface area contributed by atoms with Crippen LogP contribution in [0.15, 0.2) is 24.5 Å². The van der Waals surface area contributed by atoms with Crippen LogP contribution in [0, 0.1) is 5.82 Å². The molecule has 0 aliphatic carbocycles. The summed E-state index contributed by atoms with van der Waals surface area (Å²) in [4.78, 5) is 4.39. The molecule has 2 N–H and O–H groups in total. The van der Waals surface area contributed by atoms with Crippen LogP contribution in [0.3, 0.4) is 0 Å². The summed E-state index contributed by atoms with van der Waals surface area (Å²) in [6, 6.07) is 3.81. The van der Waals surface area contributed by atoms with Gasteiger partial charge in [0.05, 0.1) is 11.5 Å². The lowest BCUT2D eigenvalue weighted by Crippen LogP contribution is -2.45. The van der Waals surface area contributed by atoms with E-state index in [0.29, 0.717) is 17.8 Å². The highest BCUT2D eigenvalue weighted by Gasteiger charge is 2.22. The average Bonchev–Trinajstić information content (AvgIpc) is 2.40. The molecule has 1 aromatic rings. The molecule has 0 unspecified atom stereocenters. The first-order valence-electron chi connectivity index (χ1n) is 6.60. The fourth-order valence-corrected chi connectivity index (χ4v) is 2.59. The fraction of sp³-hybridized carbons (Fsp3) is 0.429. The van der Waals surface area contributed by atoms with Crippen LogP contribution in [0.4, 0.5) is 15.8 Å². The summed E-state index contributed by atoms with van der Waals surface area (Å²) in [5, 5.41) is 6.11. The predicted molar refractivity (Wildman–Crippen MR) is 75.7 cm³/mol. The van der Waals surface area contributed by atoms with Gasteiger partial charge in [-0.25, -0.2) is 4.39 Å². The third-order valence-corrected chi connectivity index (χ3v) is 3.83. The highest BCUT2D eigenvalue weighted by molar-refractivity contribution is 5.65. The lowest BCUT2D eigenvalue weighted by Gasteiger charge is -2.35. The molecule has 4 nitrogen and oxygen atoms in total. The van der Waals surface area contributed by atoms with Crippen molar-refractivity contribution in [3.63, 3.8) is 0 Å². The van der Waals surface area contributed by atoms with Gasteiger partial charge in [0.1, 0.15) is 0 Å². The van der Waals surface area contributed by atoms with E-state index >= 15 is 0 Å². The first kappa shape index (κ1) is 12.3. The van der Waals surface area contributed by atoms with Crippen molar-refractivity contribution in [3.05, 3.63) is 35.9 Å². The van der Waals surface area contributed by atoms with Gasteiger partial charge in [0.25, 0.3) is 0 Å². The number of likely N-dealkylation sites (N-methyl/N-ethyl adjacent to an activating group) is 1. The molecule has 0 amide bonds. The maximum Gasteiger partial charge on any atom is 0.153 e. The predicted octanol–water partition coefficient (Wildman–Crippen LogP) is 1.56. The van der Waals surface area contributed by atoms with Gasteiger partial charge in [-0.3, -0.25) is 0 Å². The van der Waals surface area contributed by atoms with Gasteiger partial charge in [0.2, 0.25) is 0 Å². The van der Waals surface area contributed by atoms with E-state index in [1.54, 1.807) is 0 Å². The summed E-state index contributed by atoms with van der Waals surface area (Å²) >= 11 is 0. The summed E-state index contributed by atoms with van der Waals surface area (Å²) < 4.78 is 14.6. The Labute approximate surface area is 112 Å². The number of nitrogens with one attached hydrogen (secondary N) is 2. The molecule has 0 spiro atoms. The largest absolute Gasteiger partial charge is 0.368 e. The molecule has 0 radical (unpaired) electrons. The van der Waals surface area contributed by atoms with E-state index in [4.69, 9.17) is 0 Å². The van der Waals surface area contributed by atoms with Crippen molar-refractivity contribution in [1.82, 2.24) is 10.2 Å². The van der Waals surface area contributed by atoms with Gasteiger partial charge in [0.15, 0.2) is 5.82 Å². The van der Waals surface area contributed by atoms with Crippen LogP contribution in [-0.2, 0) is 6.54 Å². The Hall–Kier alpha value is -1.75. The SMILES string of the molecule is C=C1NCc2c(ccc(N3CCN(C)CC3)c2F)N1. The second-order valence-corrected chi connectivity index (χ2v) is 5.17. The fourth-order valence-electron chi connectivity index (χ4n) is 2.59. The van der Waals surface area contributed by atoms with Crippen molar-refractivity contribution in [2.45, 2.75) is 6.54 Å². The van der Waals surface area contributed by atoms with E-state index < -0.39 is 0 Å². The van der Waals surface area contributed by atoms with Gasteiger partial charge < -0.3 is 20.4 Å². The number of fused-ring (bicyclic) bond motifs is 1. The molecule has 1 aromatic carbocycles. The average molecular weight is 262 g/mol. The van der Waals surface area contributed by atoms with Crippen LogP contribution in [0.25, 0.3) is 0 Å². The second-order valence-electron chi connectivity index (χ2n) is 5.17. The molecular formula is C14H19FN4. The molecule has 1 fully saturated rings. The van der Waals surface area contributed by atoms with Crippen LogP contribution in [0.1, 0.15) is 5.56 Å². The molecule has 0 aromatic heterocycles. The first-order valence-corrected chi connectivity index (χ1v) is 6.60. The maximum atomic E-state index is 14.6. The Balaban J connectivity index is 1.89.